The lowest BCUT2D eigenvalue weighted by Crippen LogP contribution is -1.77. The van der Waals surface area contributed by atoms with Crippen LogP contribution < -0.4 is 0 Å². The smallest absolute Gasteiger partial charge is 0.0382 e. The molecule has 0 spiro atoms. The first-order valence-electron chi connectivity index (χ1n) is 1.78. The maximum atomic E-state index is 3.44. The van der Waals surface area contributed by atoms with E-state index in [0.29, 0.717) is 33.5 Å². The summed E-state index contributed by atoms with van der Waals surface area (Å²) in [5.41, 5.74) is 0. The Bertz CT molecular complexity index is 160. The van der Waals surface area contributed by atoms with Gasteiger partial charge in [-0.2, -0.15) is 0 Å². The molecule has 0 nitrogen and oxygen atoms in total. The zero-order valence-electron chi connectivity index (χ0n) is 3.67. The third-order valence-corrected chi connectivity index (χ3v) is 11.1. The van der Waals surface area contributed by atoms with Crippen molar-refractivity contribution in [3.05, 3.63) is 8.96 Å². The zero-order valence-corrected chi connectivity index (χ0v) is 11.2. The van der Waals surface area contributed by atoms with E-state index >= 15 is 0 Å². The van der Waals surface area contributed by atoms with Crippen LogP contribution in [-0.4, -0.2) is 8.02 Å². The molecule has 0 amide bonds. The van der Waals surface area contributed by atoms with E-state index < -0.39 is 0 Å². The minimum absolute atomic E-state index is 0.442. The van der Waals surface area contributed by atoms with Crippen molar-refractivity contribution in [2.45, 2.75) is 0 Å². The van der Waals surface area contributed by atoms with E-state index in [1.54, 1.807) is 0 Å². The molecule has 1 aliphatic rings. The van der Waals surface area contributed by atoms with Crippen molar-refractivity contribution >= 4 is 73.4 Å². The second kappa shape index (κ2) is 3.92. The average molecular weight is 464 g/mol. The molecule has 0 atom stereocenters. The molecular weight excluding hydrogens is 462 g/mol. The molecule has 0 N–H and O–H groups in total. The molecule has 8 heavy (non-hydrogen) atoms. The summed E-state index contributed by atoms with van der Waals surface area (Å²) in [4.78, 5) is 0. The van der Waals surface area contributed by atoms with Crippen molar-refractivity contribution in [3.63, 3.8) is 0 Å². The van der Waals surface area contributed by atoms with Crippen molar-refractivity contribution in [2.24, 2.45) is 0 Å². The highest BCUT2D eigenvalue weighted by atomic mass is 128. The first-order chi connectivity index (χ1) is 3.80. The van der Waals surface area contributed by atoms with Crippen LogP contribution in [0.25, 0.3) is 0 Å². The molecule has 0 unspecified atom stereocenters. The Balaban J connectivity index is 2.97. The van der Waals surface area contributed by atoms with Gasteiger partial charge in [0.2, 0.25) is 0 Å². The predicted octanol–water partition coefficient (Wildman–Crippen LogP) is 3.46. The van der Waals surface area contributed by atoms with Gasteiger partial charge in [-0.15, -0.1) is 0 Å². The molecule has 0 saturated heterocycles. The summed E-state index contributed by atoms with van der Waals surface area (Å²) in [6, 6.07) is 0. The minimum atomic E-state index is 0.442. The Labute approximate surface area is 80.9 Å². The fourth-order valence-corrected chi connectivity index (χ4v) is 13.1. The van der Waals surface area contributed by atoms with Crippen LogP contribution in [-0.2, 0) is 0 Å². The maximum Gasteiger partial charge on any atom is 0.0382 e. The third kappa shape index (κ3) is 2.26. The molecule has 0 aromatic carbocycles. The summed E-state index contributed by atoms with van der Waals surface area (Å²) in [7, 11) is 0. The Morgan fingerprint density at radius 2 is 1.38 bits per heavy atom. The van der Waals surface area contributed by atoms with Gasteiger partial charge in [-0.25, -0.2) is 0 Å². The highest BCUT2D eigenvalue weighted by Crippen LogP contribution is 2.30. The largest absolute Gasteiger partial charge is 0.0517 e. The van der Waals surface area contributed by atoms with Gasteiger partial charge in [0.25, 0.3) is 0 Å². The summed E-state index contributed by atoms with van der Waals surface area (Å²) in [6.45, 7) is 0. The van der Waals surface area contributed by atoms with E-state index in [1.807, 2.05) is 0 Å². The number of allylic oxidation sites excluding steroid dienone is 2. The van der Waals surface area contributed by atoms with E-state index in [2.05, 4.69) is 39.9 Å². The molecule has 46 valence electrons. The quantitative estimate of drug-likeness (QED) is 0.483. The minimum Gasteiger partial charge on any atom is -0.0517 e. The van der Waals surface area contributed by atoms with Gasteiger partial charge in [0.15, 0.2) is 0 Å². The summed E-state index contributed by atoms with van der Waals surface area (Å²) in [5.74, 6) is 0. The average Bonchev–Trinajstić information content (AvgIpc) is 1.77. The SMILES string of the molecule is BrC1=C(Br)C=II=C1. The fourth-order valence-electron chi connectivity index (χ4n) is 0.224. The zero-order chi connectivity index (χ0) is 5.98. The summed E-state index contributed by atoms with van der Waals surface area (Å²) < 4.78 is 7.18. The van der Waals surface area contributed by atoms with Crippen LogP contribution in [0.5, 0.6) is 0 Å². The number of rotatable bonds is 0. The van der Waals surface area contributed by atoms with Gasteiger partial charge in [-0.3, -0.25) is 0 Å². The highest BCUT2D eigenvalue weighted by molar-refractivity contribution is 15.1. The van der Waals surface area contributed by atoms with Crippen molar-refractivity contribution in [3.8, 4) is 0 Å². The first-order valence-corrected chi connectivity index (χ1v) is 12.1. The lowest BCUT2D eigenvalue weighted by atomic mass is 10.6. The highest BCUT2D eigenvalue weighted by Gasteiger charge is 1.94. The van der Waals surface area contributed by atoms with Crippen LogP contribution in [0.2, 0.25) is 0 Å². The second-order valence-corrected chi connectivity index (χ2v) is 11.3. The van der Waals surface area contributed by atoms with E-state index in [4.69, 9.17) is 0 Å². The van der Waals surface area contributed by atoms with Gasteiger partial charge in [-0.05, 0) is 39.9 Å². The van der Waals surface area contributed by atoms with E-state index in [1.165, 1.54) is 8.96 Å². The van der Waals surface area contributed by atoms with Crippen molar-refractivity contribution in [2.75, 3.05) is 0 Å². The molecule has 0 bridgehead atoms. The van der Waals surface area contributed by atoms with Crippen LogP contribution >= 0.6 is 65.4 Å². The Hall–Kier alpha value is 1.90. The molecule has 1 aliphatic heterocycles. The molecule has 1 rings (SSSR count). The molecule has 0 radical (unpaired) electrons. The molecule has 0 fully saturated rings. The Kier molecular flexibility index (Phi) is 3.92. The fraction of sp³-hybridized carbons (Fsp3) is 0. The van der Waals surface area contributed by atoms with Gasteiger partial charge in [0.1, 0.15) is 0 Å². The number of hydrogen-bond acceptors (Lipinski definition) is 0. The lowest BCUT2D eigenvalue weighted by molar-refractivity contribution is 2.28. The number of hydrogen-bond donors (Lipinski definition) is 0. The van der Waals surface area contributed by atoms with Gasteiger partial charge >= 0.3 is 0 Å². The van der Waals surface area contributed by atoms with Crippen LogP contribution in [0.4, 0.5) is 0 Å². The molecule has 4 heteroatoms. The Morgan fingerprint density at radius 3 is 1.62 bits per heavy atom. The van der Waals surface area contributed by atoms with Crippen molar-refractivity contribution in [1.29, 1.82) is 0 Å². The topological polar surface area (TPSA) is 0 Å². The maximum absolute atomic E-state index is 3.44. The molecule has 0 aromatic rings. The van der Waals surface area contributed by atoms with E-state index in [0.717, 1.165) is 0 Å². The van der Waals surface area contributed by atoms with Crippen LogP contribution in [0.3, 0.4) is 0 Å². The Morgan fingerprint density at radius 1 is 1.00 bits per heavy atom. The van der Waals surface area contributed by atoms with Gasteiger partial charge in [-0.1, -0.05) is 33.5 Å². The van der Waals surface area contributed by atoms with Crippen molar-refractivity contribution < 1.29 is 0 Å². The summed E-state index contributed by atoms with van der Waals surface area (Å²) in [5, 5.41) is 0. The normalized spacial score (nSPS) is 19.8. The van der Waals surface area contributed by atoms with Crippen LogP contribution in [0.1, 0.15) is 0 Å². The van der Waals surface area contributed by atoms with Crippen LogP contribution in [0, 0.1) is 0 Å². The monoisotopic (exact) mass is 462 g/mol. The second-order valence-electron chi connectivity index (χ2n) is 1.08. The van der Waals surface area contributed by atoms with Gasteiger partial charge in [0.05, 0.1) is 0 Å². The first kappa shape index (κ1) is 8.00. The molecule has 0 aliphatic carbocycles. The van der Waals surface area contributed by atoms with E-state index in [9.17, 15) is 0 Å². The predicted molar refractivity (Wildman–Crippen MR) is 65.0 cm³/mol. The summed E-state index contributed by atoms with van der Waals surface area (Å²) >= 11 is 7.77. The van der Waals surface area contributed by atoms with Gasteiger partial charge in [0, 0.05) is 8.96 Å². The standard InChI is InChI=1S/C4H2Br2I2/c5-3-1-7-8-2-4(3)6/h1-2H. The van der Waals surface area contributed by atoms with Gasteiger partial charge < -0.3 is 0 Å². The van der Waals surface area contributed by atoms with E-state index in [-0.39, 0.29) is 0 Å². The van der Waals surface area contributed by atoms with Crippen LogP contribution in [0.15, 0.2) is 8.96 Å². The lowest BCUT2D eigenvalue weighted by Gasteiger charge is -1.93. The molecular formula is C4H2Br2I2. The number of halogens is 4. The molecule has 0 saturated carbocycles. The molecule has 1 heterocycles. The third-order valence-electron chi connectivity index (χ3n) is 0.550. The summed E-state index contributed by atoms with van der Waals surface area (Å²) in [6.07, 6.45) is 0. The molecule has 0 aromatic heterocycles. The van der Waals surface area contributed by atoms with Crippen molar-refractivity contribution in [1.82, 2.24) is 0 Å².